The highest BCUT2D eigenvalue weighted by Crippen LogP contribution is 2.39. The van der Waals surface area contributed by atoms with Crippen LogP contribution in [0.3, 0.4) is 0 Å². The molecular formula is C19H10Cl3N5O7. The molecule has 0 spiro atoms. The van der Waals surface area contributed by atoms with Crippen molar-refractivity contribution in [1.82, 2.24) is 9.38 Å². The highest BCUT2D eigenvalue weighted by Gasteiger charge is 2.30. The zero-order valence-corrected chi connectivity index (χ0v) is 18.7. The molecule has 12 nitrogen and oxygen atoms in total. The SMILES string of the molecule is Clc1cc(Cl)c2nc(-c3ccccc3Cl)cn2c1.O=[N+]([O-])c1cc([N+](=O)[O-])c(O)c([N+](=O)[O-])c1. The fourth-order valence-electron chi connectivity index (χ4n) is 2.80. The first-order valence-electron chi connectivity index (χ1n) is 8.88. The molecule has 0 bridgehead atoms. The summed E-state index contributed by atoms with van der Waals surface area (Å²) in [6, 6.07) is 10.1. The summed E-state index contributed by atoms with van der Waals surface area (Å²) in [6.45, 7) is 0. The number of rotatable bonds is 4. The molecular weight excluding hydrogens is 517 g/mol. The maximum atomic E-state index is 10.4. The monoisotopic (exact) mass is 525 g/mol. The van der Waals surface area contributed by atoms with Crippen molar-refractivity contribution in [2.75, 3.05) is 0 Å². The molecule has 0 aliphatic carbocycles. The molecule has 174 valence electrons. The van der Waals surface area contributed by atoms with Crippen molar-refractivity contribution in [2.45, 2.75) is 0 Å². The van der Waals surface area contributed by atoms with Crippen molar-refractivity contribution in [3.05, 3.63) is 100 Å². The Morgan fingerprint density at radius 1 is 0.824 bits per heavy atom. The molecule has 4 aromatic rings. The summed E-state index contributed by atoms with van der Waals surface area (Å²) in [6.07, 6.45) is 3.62. The van der Waals surface area contributed by atoms with E-state index >= 15 is 0 Å². The van der Waals surface area contributed by atoms with Gasteiger partial charge in [0, 0.05) is 18.0 Å². The van der Waals surface area contributed by atoms with E-state index in [9.17, 15) is 30.3 Å². The van der Waals surface area contributed by atoms with Gasteiger partial charge in [-0.1, -0.05) is 53.0 Å². The minimum absolute atomic E-state index is 0.447. The lowest BCUT2D eigenvalue weighted by Gasteiger charge is -1.97. The standard InChI is InChI=1S/C13H7Cl3N2.C6H3N3O7/c14-8-5-11(16)13-17-12(7-18(13)6-8)9-3-1-2-4-10(9)15;10-6-4(8(13)14)1-3(7(11)12)2-5(6)9(15)16/h1-7H;1-2,10H. The largest absolute Gasteiger partial charge is 0.497 e. The van der Waals surface area contributed by atoms with Gasteiger partial charge in [0.05, 0.1) is 47.7 Å². The number of nitro groups is 3. The average Bonchev–Trinajstić information content (AvgIpc) is 3.18. The van der Waals surface area contributed by atoms with E-state index in [0.717, 1.165) is 11.3 Å². The number of nitrogens with zero attached hydrogens (tertiary/aromatic N) is 5. The lowest BCUT2D eigenvalue weighted by atomic mass is 10.2. The number of aromatic nitrogens is 2. The van der Waals surface area contributed by atoms with E-state index in [1.807, 2.05) is 30.5 Å². The highest BCUT2D eigenvalue weighted by molar-refractivity contribution is 6.36. The molecule has 0 saturated heterocycles. The fourth-order valence-corrected chi connectivity index (χ4v) is 3.56. The third-order valence-electron chi connectivity index (χ3n) is 4.28. The van der Waals surface area contributed by atoms with E-state index in [1.165, 1.54) is 0 Å². The van der Waals surface area contributed by atoms with Gasteiger partial charge in [-0.3, -0.25) is 30.3 Å². The predicted octanol–water partition coefficient (Wildman–Crippen LogP) is 6.08. The first kappa shape index (κ1) is 24.6. The number of hydrogen-bond donors (Lipinski definition) is 1. The Labute approximate surface area is 204 Å². The molecule has 15 heteroatoms. The average molecular weight is 527 g/mol. The Morgan fingerprint density at radius 2 is 1.41 bits per heavy atom. The lowest BCUT2D eigenvalue weighted by molar-refractivity contribution is -0.404. The van der Waals surface area contributed by atoms with Crippen LogP contribution in [0.5, 0.6) is 5.75 Å². The number of nitro benzene ring substituents is 3. The number of halogens is 3. The molecule has 4 rings (SSSR count). The Morgan fingerprint density at radius 3 is 1.94 bits per heavy atom. The van der Waals surface area contributed by atoms with Gasteiger partial charge in [0.1, 0.15) is 0 Å². The van der Waals surface area contributed by atoms with Crippen LogP contribution in [0.15, 0.2) is 54.9 Å². The van der Waals surface area contributed by atoms with Crippen molar-refractivity contribution in [2.24, 2.45) is 0 Å². The minimum atomic E-state index is -1.21. The van der Waals surface area contributed by atoms with E-state index in [0.29, 0.717) is 32.8 Å². The Hall–Kier alpha value is -4.00. The molecule has 0 amide bonds. The van der Waals surface area contributed by atoms with Crippen LogP contribution in [0, 0.1) is 30.3 Å². The van der Waals surface area contributed by atoms with E-state index in [2.05, 4.69) is 4.98 Å². The quantitative estimate of drug-likeness (QED) is 0.246. The third-order valence-corrected chi connectivity index (χ3v) is 5.10. The number of hydrogen-bond acceptors (Lipinski definition) is 8. The van der Waals surface area contributed by atoms with Gasteiger partial charge in [0.25, 0.3) is 11.4 Å². The molecule has 2 aromatic heterocycles. The number of pyridine rings is 1. The van der Waals surface area contributed by atoms with Crippen molar-refractivity contribution < 1.29 is 19.9 Å². The second-order valence-electron chi connectivity index (χ2n) is 6.45. The van der Waals surface area contributed by atoms with Gasteiger partial charge in [-0.25, -0.2) is 4.98 Å². The van der Waals surface area contributed by atoms with Crippen LogP contribution in [0.2, 0.25) is 15.1 Å². The number of aromatic hydroxyl groups is 1. The maximum absolute atomic E-state index is 10.4. The number of non-ortho nitro benzene ring substituents is 1. The van der Waals surface area contributed by atoms with Gasteiger partial charge in [0.15, 0.2) is 5.65 Å². The van der Waals surface area contributed by atoms with Crippen LogP contribution in [0.1, 0.15) is 0 Å². The van der Waals surface area contributed by atoms with Crippen LogP contribution in [0.25, 0.3) is 16.9 Å². The summed E-state index contributed by atoms with van der Waals surface area (Å²) in [5.74, 6) is -1.21. The maximum Gasteiger partial charge on any atom is 0.324 e. The summed E-state index contributed by atoms with van der Waals surface area (Å²) in [7, 11) is 0. The van der Waals surface area contributed by atoms with Gasteiger partial charge in [-0.2, -0.15) is 0 Å². The second-order valence-corrected chi connectivity index (χ2v) is 7.70. The number of imidazole rings is 1. The van der Waals surface area contributed by atoms with Crippen LogP contribution in [-0.4, -0.2) is 29.3 Å². The molecule has 0 aliphatic rings. The smallest absolute Gasteiger partial charge is 0.324 e. The van der Waals surface area contributed by atoms with Gasteiger partial charge < -0.3 is 9.51 Å². The predicted molar refractivity (Wildman–Crippen MR) is 124 cm³/mol. The van der Waals surface area contributed by atoms with Gasteiger partial charge in [-0.05, 0) is 12.1 Å². The lowest BCUT2D eigenvalue weighted by Crippen LogP contribution is -1.97. The molecule has 0 aliphatic heterocycles. The second kappa shape index (κ2) is 9.87. The summed E-state index contributed by atoms with van der Waals surface area (Å²) in [5, 5.41) is 41.9. The zero-order valence-electron chi connectivity index (χ0n) is 16.5. The number of phenolic OH excluding ortho intramolecular Hbond substituents is 1. The zero-order chi connectivity index (χ0) is 25.2. The van der Waals surface area contributed by atoms with E-state index < -0.39 is 37.6 Å². The highest BCUT2D eigenvalue weighted by atomic mass is 35.5. The molecule has 1 N–H and O–H groups in total. The summed E-state index contributed by atoms with van der Waals surface area (Å²) in [4.78, 5) is 32.2. The molecule has 0 saturated carbocycles. The Kier molecular flexibility index (Phi) is 7.15. The normalized spacial score (nSPS) is 10.4. The molecule has 2 aromatic carbocycles. The first-order chi connectivity index (χ1) is 16.0. The van der Waals surface area contributed by atoms with Crippen molar-refractivity contribution >= 4 is 57.5 Å². The summed E-state index contributed by atoms with van der Waals surface area (Å²) >= 11 is 18.2. The van der Waals surface area contributed by atoms with Crippen molar-refractivity contribution in [3.8, 4) is 17.0 Å². The molecule has 2 heterocycles. The third kappa shape index (κ3) is 5.14. The topological polar surface area (TPSA) is 167 Å². The first-order valence-corrected chi connectivity index (χ1v) is 10.0. The van der Waals surface area contributed by atoms with E-state index in [1.54, 1.807) is 16.7 Å². The summed E-state index contributed by atoms with van der Waals surface area (Å²) < 4.78 is 1.79. The van der Waals surface area contributed by atoms with Crippen LogP contribution in [-0.2, 0) is 0 Å². The van der Waals surface area contributed by atoms with Crippen molar-refractivity contribution in [1.29, 1.82) is 0 Å². The van der Waals surface area contributed by atoms with Crippen LogP contribution in [0.4, 0.5) is 17.1 Å². The fraction of sp³-hybridized carbons (Fsp3) is 0. The number of benzene rings is 2. The molecule has 0 unspecified atom stereocenters. The molecule has 0 radical (unpaired) electrons. The summed E-state index contributed by atoms with van der Waals surface area (Å²) in [5.41, 5.74) is -0.700. The van der Waals surface area contributed by atoms with Crippen molar-refractivity contribution in [3.63, 3.8) is 0 Å². The minimum Gasteiger partial charge on any atom is -0.497 e. The van der Waals surface area contributed by atoms with E-state index in [4.69, 9.17) is 39.9 Å². The van der Waals surface area contributed by atoms with Gasteiger partial charge in [0.2, 0.25) is 0 Å². The van der Waals surface area contributed by atoms with Crippen LogP contribution < -0.4 is 0 Å². The molecule has 34 heavy (non-hydrogen) atoms. The number of phenols is 1. The number of fused-ring (bicyclic) bond motifs is 1. The van der Waals surface area contributed by atoms with Gasteiger partial charge in [-0.15, -0.1) is 0 Å². The molecule has 0 atom stereocenters. The Balaban J connectivity index is 0.000000192. The molecule has 0 fully saturated rings. The van der Waals surface area contributed by atoms with Crippen LogP contribution >= 0.6 is 34.8 Å². The van der Waals surface area contributed by atoms with Gasteiger partial charge >= 0.3 is 11.4 Å². The Bertz CT molecular complexity index is 1420. The van der Waals surface area contributed by atoms with E-state index in [-0.39, 0.29) is 0 Å².